The van der Waals surface area contributed by atoms with Gasteiger partial charge in [0, 0.05) is 6.61 Å². The molecule has 0 spiro atoms. The van der Waals surface area contributed by atoms with Crippen molar-refractivity contribution in [2.75, 3.05) is 6.61 Å². The fraction of sp³-hybridized carbons (Fsp3) is 1.00. The van der Waals surface area contributed by atoms with Gasteiger partial charge >= 0.3 is 0 Å². The first kappa shape index (κ1) is 19.0. The van der Waals surface area contributed by atoms with Gasteiger partial charge in [0.2, 0.25) is 0 Å². The molecule has 0 radical (unpaired) electrons. The molecule has 0 aromatic carbocycles. The van der Waals surface area contributed by atoms with Crippen LogP contribution in [0.25, 0.3) is 0 Å². The summed E-state index contributed by atoms with van der Waals surface area (Å²) in [6, 6.07) is 0. The summed E-state index contributed by atoms with van der Waals surface area (Å²) in [5, 5.41) is 0. The summed E-state index contributed by atoms with van der Waals surface area (Å²) in [5.41, 5.74) is 0.288. The Morgan fingerprint density at radius 1 is 0.667 bits per heavy atom. The Morgan fingerprint density at radius 3 is 1.81 bits per heavy atom. The van der Waals surface area contributed by atoms with Crippen molar-refractivity contribution in [3.8, 4) is 0 Å². The summed E-state index contributed by atoms with van der Waals surface area (Å²) in [4.78, 5) is 0. The van der Waals surface area contributed by atoms with E-state index in [2.05, 4.69) is 13.8 Å². The Hall–Kier alpha value is -0.0400. The molecule has 0 aromatic rings. The Bertz CT molecular complexity index is 218. The van der Waals surface area contributed by atoms with E-state index in [1.165, 1.54) is 103 Å². The first-order chi connectivity index (χ1) is 10.3. The molecular weight excluding hydrogens is 256 g/mol. The maximum atomic E-state index is 6.35. The highest BCUT2D eigenvalue weighted by atomic mass is 16.5. The predicted octanol–water partition coefficient (Wildman–Crippen LogP) is 7.04. The smallest absolute Gasteiger partial charge is 0.0682 e. The van der Waals surface area contributed by atoms with Gasteiger partial charge in [0.05, 0.1) is 5.60 Å². The van der Waals surface area contributed by atoms with E-state index in [0.29, 0.717) is 0 Å². The van der Waals surface area contributed by atoms with Gasteiger partial charge in [-0.05, 0) is 25.7 Å². The number of ether oxygens (including phenoxy) is 1. The average Bonchev–Trinajstić information content (AvgIpc) is 2.96. The molecule has 1 fully saturated rings. The van der Waals surface area contributed by atoms with Crippen LogP contribution in [0.3, 0.4) is 0 Å². The number of rotatable bonds is 14. The fourth-order valence-electron chi connectivity index (χ4n) is 3.71. The molecule has 0 atom stereocenters. The highest BCUT2D eigenvalue weighted by Crippen LogP contribution is 2.37. The number of hydrogen-bond acceptors (Lipinski definition) is 1. The molecule has 1 heteroatoms. The average molecular weight is 297 g/mol. The van der Waals surface area contributed by atoms with E-state index in [-0.39, 0.29) is 5.60 Å². The molecule has 1 aliphatic rings. The molecule has 1 nitrogen and oxygen atoms in total. The second kappa shape index (κ2) is 12.5. The monoisotopic (exact) mass is 296 g/mol. The Labute approximate surface area is 134 Å². The van der Waals surface area contributed by atoms with E-state index in [9.17, 15) is 0 Å². The molecule has 0 bridgehead atoms. The lowest BCUT2D eigenvalue weighted by Gasteiger charge is -2.29. The van der Waals surface area contributed by atoms with E-state index in [4.69, 9.17) is 4.74 Å². The van der Waals surface area contributed by atoms with Crippen LogP contribution in [-0.4, -0.2) is 12.2 Å². The number of hydrogen-bond donors (Lipinski definition) is 0. The maximum Gasteiger partial charge on any atom is 0.0682 e. The van der Waals surface area contributed by atoms with Gasteiger partial charge < -0.3 is 4.74 Å². The first-order valence-corrected chi connectivity index (χ1v) is 9.97. The summed E-state index contributed by atoms with van der Waals surface area (Å²) in [5.74, 6) is 0. The van der Waals surface area contributed by atoms with Crippen LogP contribution in [0.1, 0.15) is 117 Å². The van der Waals surface area contributed by atoms with E-state index < -0.39 is 0 Å². The quantitative estimate of drug-likeness (QED) is 0.312. The Kier molecular flexibility index (Phi) is 11.3. The molecule has 0 heterocycles. The van der Waals surface area contributed by atoms with Crippen molar-refractivity contribution < 1.29 is 4.74 Å². The second-order valence-electron chi connectivity index (χ2n) is 7.17. The Balaban J connectivity index is 2.05. The first-order valence-electron chi connectivity index (χ1n) is 9.97. The molecule has 0 aliphatic heterocycles. The molecular formula is C20H40O. The Morgan fingerprint density at radius 2 is 1.19 bits per heavy atom. The molecule has 0 saturated heterocycles. The van der Waals surface area contributed by atoms with Gasteiger partial charge in [-0.25, -0.2) is 0 Å². The number of unbranched alkanes of at least 4 members (excludes halogenated alkanes) is 9. The van der Waals surface area contributed by atoms with Crippen molar-refractivity contribution in [1.82, 2.24) is 0 Å². The van der Waals surface area contributed by atoms with E-state index in [0.717, 1.165) is 6.61 Å². The lowest BCUT2D eigenvalue weighted by molar-refractivity contribution is -0.0495. The van der Waals surface area contributed by atoms with Crippen molar-refractivity contribution >= 4 is 0 Å². The zero-order chi connectivity index (χ0) is 15.2. The van der Waals surface area contributed by atoms with Crippen LogP contribution >= 0.6 is 0 Å². The molecule has 0 amide bonds. The highest BCUT2D eigenvalue weighted by molar-refractivity contribution is 4.86. The predicted molar refractivity (Wildman–Crippen MR) is 93.9 cm³/mol. The summed E-state index contributed by atoms with van der Waals surface area (Å²) in [6.07, 6.45) is 22.0. The maximum absolute atomic E-state index is 6.35. The third-order valence-corrected chi connectivity index (χ3v) is 5.16. The highest BCUT2D eigenvalue weighted by Gasteiger charge is 2.33. The van der Waals surface area contributed by atoms with Crippen molar-refractivity contribution in [3.05, 3.63) is 0 Å². The van der Waals surface area contributed by atoms with Crippen LogP contribution in [-0.2, 0) is 4.74 Å². The van der Waals surface area contributed by atoms with Gasteiger partial charge in [0.25, 0.3) is 0 Å². The van der Waals surface area contributed by atoms with Gasteiger partial charge in [0.1, 0.15) is 0 Å². The van der Waals surface area contributed by atoms with Gasteiger partial charge in [-0.2, -0.15) is 0 Å². The van der Waals surface area contributed by atoms with Crippen molar-refractivity contribution in [2.24, 2.45) is 0 Å². The third kappa shape index (κ3) is 8.86. The van der Waals surface area contributed by atoms with Crippen LogP contribution in [0, 0.1) is 0 Å². The minimum atomic E-state index is 0.288. The molecule has 1 aliphatic carbocycles. The fourth-order valence-corrected chi connectivity index (χ4v) is 3.71. The van der Waals surface area contributed by atoms with Gasteiger partial charge in [-0.3, -0.25) is 0 Å². The lowest BCUT2D eigenvalue weighted by atomic mass is 9.93. The van der Waals surface area contributed by atoms with Crippen LogP contribution in [0.2, 0.25) is 0 Å². The standard InChI is InChI=1S/C20H40O/c1-3-5-7-8-9-10-11-12-16-20(17-13-14-18-20)21-19-15-6-4-2/h3-19H2,1-2H3. The molecule has 21 heavy (non-hydrogen) atoms. The minimum Gasteiger partial charge on any atom is -0.375 e. The van der Waals surface area contributed by atoms with Crippen LogP contribution in [0.15, 0.2) is 0 Å². The molecule has 126 valence electrons. The summed E-state index contributed by atoms with van der Waals surface area (Å²) in [6.45, 7) is 5.57. The van der Waals surface area contributed by atoms with Gasteiger partial charge in [-0.1, -0.05) is 90.9 Å². The van der Waals surface area contributed by atoms with Crippen LogP contribution in [0.4, 0.5) is 0 Å². The van der Waals surface area contributed by atoms with E-state index in [1.807, 2.05) is 0 Å². The normalized spacial score (nSPS) is 17.4. The van der Waals surface area contributed by atoms with Crippen LogP contribution in [0.5, 0.6) is 0 Å². The zero-order valence-corrected chi connectivity index (χ0v) is 14.9. The van der Waals surface area contributed by atoms with E-state index >= 15 is 0 Å². The second-order valence-corrected chi connectivity index (χ2v) is 7.17. The minimum absolute atomic E-state index is 0.288. The molecule has 0 unspecified atom stereocenters. The van der Waals surface area contributed by atoms with Gasteiger partial charge in [0.15, 0.2) is 0 Å². The third-order valence-electron chi connectivity index (χ3n) is 5.16. The van der Waals surface area contributed by atoms with Crippen molar-refractivity contribution in [1.29, 1.82) is 0 Å². The van der Waals surface area contributed by atoms with Crippen molar-refractivity contribution in [3.63, 3.8) is 0 Å². The largest absolute Gasteiger partial charge is 0.375 e. The molecule has 0 aromatic heterocycles. The zero-order valence-electron chi connectivity index (χ0n) is 14.9. The summed E-state index contributed by atoms with van der Waals surface area (Å²) in [7, 11) is 0. The van der Waals surface area contributed by atoms with E-state index in [1.54, 1.807) is 0 Å². The molecule has 1 saturated carbocycles. The summed E-state index contributed by atoms with van der Waals surface area (Å²) < 4.78 is 6.35. The molecule has 1 rings (SSSR count). The molecule has 0 N–H and O–H groups in total. The van der Waals surface area contributed by atoms with Crippen molar-refractivity contribution in [2.45, 2.75) is 122 Å². The lowest BCUT2D eigenvalue weighted by Crippen LogP contribution is -2.29. The SMILES string of the molecule is CCCCCCCCCCC1(OCCCCC)CCCC1. The van der Waals surface area contributed by atoms with Crippen LogP contribution < -0.4 is 0 Å². The summed E-state index contributed by atoms with van der Waals surface area (Å²) >= 11 is 0. The van der Waals surface area contributed by atoms with Gasteiger partial charge in [-0.15, -0.1) is 0 Å². The topological polar surface area (TPSA) is 9.23 Å².